The number of rotatable bonds is 7. The van der Waals surface area contributed by atoms with Crippen LogP contribution >= 0.6 is 0 Å². The topological polar surface area (TPSA) is 32.3 Å². The van der Waals surface area contributed by atoms with Gasteiger partial charge in [0.25, 0.3) is 0 Å². The molecular weight excluding hydrogens is 198 g/mol. The number of anilines is 1. The maximum atomic E-state index is 8.81. The van der Waals surface area contributed by atoms with Gasteiger partial charge >= 0.3 is 0 Å². The van der Waals surface area contributed by atoms with E-state index in [1.165, 1.54) is 5.56 Å². The number of hydrogen-bond acceptors (Lipinski definition) is 2. The van der Waals surface area contributed by atoms with Crippen LogP contribution in [0.2, 0.25) is 0 Å². The number of allylic oxidation sites excluding steroid dienone is 1. The van der Waals surface area contributed by atoms with Crippen molar-refractivity contribution in [2.75, 3.05) is 11.9 Å². The van der Waals surface area contributed by atoms with Crippen molar-refractivity contribution in [1.29, 1.82) is 0 Å². The fraction of sp³-hybridized carbons (Fsp3) is 0.429. The van der Waals surface area contributed by atoms with Crippen molar-refractivity contribution in [1.82, 2.24) is 0 Å². The Morgan fingerprint density at radius 2 is 2.06 bits per heavy atom. The van der Waals surface area contributed by atoms with Crippen LogP contribution in [-0.4, -0.2) is 17.8 Å². The quantitative estimate of drug-likeness (QED) is 0.691. The van der Waals surface area contributed by atoms with Crippen LogP contribution in [-0.2, 0) is 6.42 Å². The monoisotopic (exact) mass is 219 g/mol. The fourth-order valence-electron chi connectivity index (χ4n) is 1.62. The highest BCUT2D eigenvalue weighted by Crippen LogP contribution is 2.12. The van der Waals surface area contributed by atoms with Crippen LogP contribution in [0.15, 0.2) is 36.9 Å². The van der Waals surface area contributed by atoms with Crippen LogP contribution in [0.5, 0.6) is 0 Å². The number of benzene rings is 1. The van der Waals surface area contributed by atoms with Gasteiger partial charge in [-0.15, -0.1) is 6.58 Å². The SMILES string of the molecule is C=CCCC(C)Nc1ccc(CCO)cc1. The second kappa shape index (κ2) is 7.07. The zero-order valence-electron chi connectivity index (χ0n) is 9.95. The van der Waals surface area contributed by atoms with Gasteiger partial charge in [0.05, 0.1) is 0 Å². The molecule has 0 saturated carbocycles. The molecule has 0 heterocycles. The second-order valence-electron chi connectivity index (χ2n) is 4.08. The third kappa shape index (κ3) is 4.49. The Bertz CT molecular complexity index is 305. The first-order chi connectivity index (χ1) is 7.76. The van der Waals surface area contributed by atoms with Crippen LogP contribution in [0.25, 0.3) is 0 Å². The van der Waals surface area contributed by atoms with Gasteiger partial charge in [-0.05, 0) is 43.9 Å². The van der Waals surface area contributed by atoms with E-state index in [1.54, 1.807) is 0 Å². The molecular formula is C14H21NO. The van der Waals surface area contributed by atoms with E-state index in [4.69, 9.17) is 5.11 Å². The molecule has 88 valence electrons. The summed E-state index contributed by atoms with van der Waals surface area (Å²) in [6, 6.07) is 8.70. The van der Waals surface area contributed by atoms with Crippen molar-refractivity contribution in [3.63, 3.8) is 0 Å². The largest absolute Gasteiger partial charge is 0.396 e. The lowest BCUT2D eigenvalue weighted by Crippen LogP contribution is -2.14. The Kier molecular flexibility index (Phi) is 5.65. The van der Waals surface area contributed by atoms with Gasteiger partial charge in [-0.3, -0.25) is 0 Å². The highest BCUT2D eigenvalue weighted by molar-refractivity contribution is 5.45. The summed E-state index contributed by atoms with van der Waals surface area (Å²) in [5.74, 6) is 0. The molecule has 2 heteroatoms. The highest BCUT2D eigenvalue weighted by atomic mass is 16.2. The van der Waals surface area contributed by atoms with Gasteiger partial charge in [0.1, 0.15) is 0 Å². The Labute approximate surface area is 98.0 Å². The number of aliphatic hydroxyl groups is 1. The third-order valence-corrected chi connectivity index (χ3v) is 2.57. The minimum atomic E-state index is 0.211. The number of aliphatic hydroxyl groups excluding tert-OH is 1. The molecule has 0 saturated heterocycles. The van der Waals surface area contributed by atoms with Crippen LogP contribution in [0.1, 0.15) is 25.3 Å². The maximum Gasteiger partial charge on any atom is 0.0471 e. The summed E-state index contributed by atoms with van der Waals surface area (Å²) in [7, 11) is 0. The maximum absolute atomic E-state index is 8.81. The van der Waals surface area contributed by atoms with Gasteiger partial charge in [0.2, 0.25) is 0 Å². The highest BCUT2D eigenvalue weighted by Gasteiger charge is 2.00. The lowest BCUT2D eigenvalue weighted by Gasteiger charge is -2.14. The van der Waals surface area contributed by atoms with Gasteiger partial charge in [0, 0.05) is 18.3 Å². The molecule has 1 aromatic rings. The van der Waals surface area contributed by atoms with E-state index in [2.05, 4.69) is 43.1 Å². The molecule has 1 aromatic carbocycles. The van der Waals surface area contributed by atoms with E-state index < -0.39 is 0 Å². The molecule has 1 unspecified atom stereocenters. The van der Waals surface area contributed by atoms with Crippen molar-refractivity contribution in [3.05, 3.63) is 42.5 Å². The molecule has 0 aliphatic rings. The summed E-state index contributed by atoms with van der Waals surface area (Å²) in [5, 5.41) is 12.2. The standard InChI is InChI=1S/C14H21NO/c1-3-4-5-12(2)15-14-8-6-13(7-9-14)10-11-16/h3,6-9,12,15-16H,1,4-5,10-11H2,2H3. The summed E-state index contributed by atoms with van der Waals surface area (Å²) < 4.78 is 0. The van der Waals surface area contributed by atoms with E-state index in [0.29, 0.717) is 6.04 Å². The average Bonchev–Trinajstić information content (AvgIpc) is 2.29. The third-order valence-electron chi connectivity index (χ3n) is 2.57. The van der Waals surface area contributed by atoms with Gasteiger partial charge in [0.15, 0.2) is 0 Å². The summed E-state index contributed by atoms with van der Waals surface area (Å²) >= 11 is 0. The summed E-state index contributed by atoms with van der Waals surface area (Å²) in [6.07, 6.45) is 4.81. The molecule has 0 bridgehead atoms. The van der Waals surface area contributed by atoms with Crippen molar-refractivity contribution in [2.24, 2.45) is 0 Å². The van der Waals surface area contributed by atoms with E-state index >= 15 is 0 Å². The molecule has 2 nitrogen and oxygen atoms in total. The van der Waals surface area contributed by atoms with Crippen molar-refractivity contribution >= 4 is 5.69 Å². The van der Waals surface area contributed by atoms with Crippen LogP contribution in [0, 0.1) is 0 Å². The minimum absolute atomic E-state index is 0.211. The molecule has 0 spiro atoms. The van der Waals surface area contributed by atoms with Gasteiger partial charge < -0.3 is 10.4 Å². The smallest absolute Gasteiger partial charge is 0.0471 e. The number of nitrogens with one attached hydrogen (secondary N) is 1. The van der Waals surface area contributed by atoms with Crippen molar-refractivity contribution < 1.29 is 5.11 Å². The van der Waals surface area contributed by atoms with E-state index in [-0.39, 0.29) is 6.61 Å². The predicted octanol–water partition coefficient (Wildman–Crippen LogP) is 2.99. The predicted molar refractivity (Wildman–Crippen MR) is 69.7 cm³/mol. The van der Waals surface area contributed by atoms with E-state index in [1.807, 2.05) is 6.08 Å². The minimum Gasteiger partial charge on any atom is -0.396 e. The molecule has 1 atom stereocenters. The van der Waals surface area contributed by atoms with Gasteiger partial charge in [-0.1, -0.05) is 18.2 Å². The number of hydrogen-bond donors (Lipinski definition) is 2. The summed E-state index contributed by atoms with van der Waals surface area (Å²) in [6.45, 7) is 6.10. The first kappa shape index (κ1) is 12.8. The molecule has 0 aliphatic carbocycles. The van der Waals surface area contributed by atoms with Gasteiger partial charge in [-0.2, -0.15) is 0 Å². The Balaban J connectivity index is 2.44. The fourth-order valence-corrected chi connectivity index (χ4v) is 1.62. The molecule has 16 heavy (non-hydrogen) atoms. The average molecular weight is 219 g/mol. The zero-order valence-corrected chi connectivity index (χ0v) is 9.95. The van der Waals surface area contributed by atoms with Crippen LogP contribution < -0.4 is 5.32 Å². The normalized spacial score (nSPS) is 12.1. The molecule has 0 aromatic heterocycles. The second-order valence-corrected chi connectivity index (χ2v) is 4.08. The Hall–Kier alpha value is -1.28. The van der Waals surface area contributed by atoms with Crippen molar-refractivity contribution in [2.45, 2.75) is 32.2 Å². The lowest BCUT2D eigenvalue weighted by molar-refractivity contribution is 0.299. The molecule has 0 fully saturated rings. The molecule has 0 aliphatic heterocycles. The Morgan fingerprint density at radius 3 is 2.62 bits per heavy atom. The molecule has 1 rings (SSSR count). The molecule has 0 amide bonds. The first-order valence-corrected chi connectivity index (χ1v) is 5.83. The van der Waals surface area contributed by atoms with Crippen LogP contribution in [0.4, 0.5) is 5.69 Å². The summed E-state index contributed by atoms with van der Waals surface area (Å²) in [4.78, 5) is 0. The lowest BCUT2D eigenvalue weighted by atomic mass is 10.1. The summed E-state index contributed by atoms with van der Waals surface area (Å²) in [5.41, 5.74) is 2.31. The van der Waals surface area contributed by atoms with E-state index in [0.717, 1.165) is 24.9 Å². The first-order valence-electron chi connectivity index (χ1n) is 5.83. The molecule has 0 radical (unpaired) electrons. The van der Waals surface area contributed by atoms with Crippen molar-refractivity contribution in [3.8, 4) is 0 Å². The molecule has 2 N–H and O–H groups in total. The van der Waals surface area contributed by atoms with E-state index in [9.17, 15) is 0 Å². The zero-order chi connectivity index (χ0) is 11.8. The van der Waals surface area contributed by atoms with Crippen LogP contribution in [0.3, 0.4) is 0 Å². The van der Waals surface area contributed by atoms with Gasteiger partial charge in [-0.25, -0.2) is 0 Å². The Morgan fingerprint density at radius 1 is 1.38 bits per heavy atom.